The van der Waals surface area contributed by atoms with Gasteiger partial charge in [0.05, 0.1) is 29.7 Å². The second-order valence-corrected chi connectivity index (χ2v) is 8.04. The number of sulfonamides is 1. The number of amides is 1. The Morgan fingerprint density at radius 3 is 2.50 bits per heavy atom. The van der Waals surface area contributed by atoms with Gasteiger partial charge in [0.25, 0.3) is 5.69 Å². The number of nitro benzene ring substituents is 1. The van der Waals surface area contributed by atoms with E-state index in [0.717, 1.165) is 10.6 Å². The van der Waals surface area contributed by atoms with Crippen molar-refractivity contribution >= 4 is 33.0 Å². The molecule has 0 unspecified atom stereocenters. The summed E-state index contributed by atoms with van der Waals surface area (Å²) in [5.74, 6) is -0.190. The third-order valence-electron chi connectivity index (χ3n) is 4.09. The van der Waals surface area contributed by atoms with Crippen molar-refractivity contribution in [2.45, 2.75) is 19.9 Å². The lowest BCUT2D eigenvalue weighted by Gasteiger charge is -2.28. The van der Waals surface area contributed by atoms with E-state index in [1.165, 1.54) is 38.3 Å². The van der Waals surface area contributed by atoms with Crippen molar-refractivity contribution in [3.8, 4) is 5.75 Å². The number of carbonyl (C=O) groups is 1. The summed E-state index contributed by atoms with van der Waals surface area (Å²) < 4.78 is 30.8. The highest BCUT2D eigenvalue weighted by atomic mass is 32.2. The minimum Gasteiger partial charge on any atom is -0.497 e. The molecule has 0 bridgehead atoms. The third-order valence-corrected chi connectivity index (χ3v) is 5.33. The Morgan fingerprint density at radius 1 is 1.25 bits per heavy atom. The lowest BCUT2D eigenvalue weighted by atomic mass is 10.1. The second-order valence-electron chi connectivity index (χ2n) is 6.18. The molecule has 0 radical (unpaired) electrons. The standard InChI is InChI=1S/C18H21N3O6S/c1-12-8-9-15(21(23)24)11-17(12)19-18(22)13(2)20(28(4,25)26)14-6-5-7-16(10-14)27-3/h5-11,13H,1-4H3,(H,19,22)/t13-/m0/s1. The number of carbonyl (C=O) groups excluding carboxylic acids is 1. The lowest BCUT2D eigenvalue weighted by Crippen LogP contribution is -2.45. The maximum Gasteiger partial charge on any atom is 0.271 e. The summed E-state index contributed by atoms with van der Waals surface area (Å²) in [5.41, 5.74) is 0.935. The number of nitro groups is 1. The van der Waals surface area contributed by atoms with Crippen molar-refractivity contribution in [1.29, 1.82) is 0 Å². The molecule has 0 saturated carbocycles. The van der Waals surface area contributed by atoms with Crippen LogP contribution in [0, 0.1) is 17.0 Å². The Morgan fingerprint density at radius 2 is 1.93 bits per heavy atom. The van der Waals surface area contributed by atoms with E-state index in [4.69, 9.17) is 4.74 Å². The minimum absolute atomic E-state index is 0.179. The highest BCUT2D eigenvalue weighted by Gasteiger charge is 2.30. The first-order chi connectivity index (χ1) is 13.0. The average molecular weight is 407 g/mol. The van der Waals surface area contributed by atoms with Gasteiger partial charge in [-0.1, -0.05) is 12.1 Å². The molecule has 9 nitrogen and oxygen atoms in total. The summed E-state index contributed by atoms with van der Waals surface area (Å²) in [6, 6.07) is 9.28. The zero-order valence-electron chi connectivity index (χ0n) is 15.9. The fourth-order valence-electron chi connectivity index (χ4n) is 2.65. The first kappa shape index (κ1) is 21.2. The molecule has 1 amide bonds. The summed E-state index contributed by atoms with van der Waals surface area (Å²) >= 11 is 0. The molecule has 0 saturated heterocycles. The zero-order chi connectivity index (χ0) is 21.1. The number of ether oxygens (including phenoxy) is 1. The molecule has 2 aromatic carbocycles. The predicted molar refractivity (Wildman–Crippen MR) is 106 cm³/mol. The van der Waals surface area contributed by atoms with Gasteiger partial charge in [0.2, 0.25) is 15.9 Å². The van der Waals surface area contributed by atoms with Crippen LogP contribution in [-0.2, 0) is 14.8 Å². The Labute approximate surface area is 163 Å². The van der Waals surface area contributed by atoms with E-state index in [1.54, 1.807) is 25.1 Å². The van der Waals surface area contributed by atoms with Crippen molar-refractivity contribution in [3.63, 3.8) is 0 Å². The van der Waals surface area contributed by atoms with Crippen LogP contribution in [0.4, 0.5) is 17.1 Å². The molecule has 0 aliphatic heterocycles. The van der Waals surface area contributed by atoms with Gasteiger partial charge < -0.3 is 10.1 Å². The van der Waals surface area contributed by atoms with Crippen molar-refractivity contribution in [3.05, 3.63) is 58.1 Å². The van der Waals surface area contributed by atoms with Gasteiger partial charge in [0, 0.05) is 18.2 Å². The number of non-ortho nitro benzene ring substituents is 1. The Kier molecular flexibility index (Phi) is 6.24. The van der Waals surface area contributed by atoms with Crippen LogP contribution in [0.3, 0.4) is 0 Å². The molecule has 2 rings (SSSR count). The quantitative estimate of drug-likeness (QED) is 0.557. The van der Waals surface area contributed by atoms with Crippen molar-refractivity contribution in [1.82, 2.24) is 0 Å². The smallest absolute Gasteiger partial charge is 0.271 e. The number of aryl methyl sites for hydroxylation is 1. The average Bonchev–Trinajstić information content (AvgIpc) is 2.62. The monoisotopic (exact) mass is 407 g/mol. The molecule has 0 aliphatic carbocycles. The molecule has 0 aliphatic rings. The second kappa shape index (κ2) is 8.26. The SMILES string of the molecule is COc1cccc(N([C@@H](C)C(=O)Nc2cc([N+](=O)[O-])ccc2C)S(C)(=O)=O)c1. The normalized spacial score (nSPS) is 12.1. The summed E-state index contributed by atoms with van der Waals surface area (Å²) in [5, 5.41) is 13.5. The minimum atomic E-state index is -3.80. The van der Waals surface area contributed by atoms with E-state index >= 15 is 0 Å². The van der Waals surface area contributed by atoms with Crippen molar-refractivity contribution in [2.75, 3.05) is 23.0 Å². The van der Waals surface area contributed by atoms with E-state index in [9.17, 15) is 23.3 Å². The molecule has 1 atom stereocenters. The van der Waals surface area contributed by atoms with Crippen LogP contribution in [0.15, 0.2) is 42.5 Å². The molecule has 150 valence electrons. The van der Waals surface area contributed by atoms with E-state index in [1.807, 2.05) is 0 Å². The van der Waals surface area contributed by atoms with Gasteiger partial charge in [-0.15, -0.1) is 0 Å². The highest BCUT2D eigenvalue weighted by molar-refractivity contribution is 7.92. The van der Waals surface area contributed by atoms with Gasteiger partial charge in [-0.3, -0.25) is 19.2 Å². The topological polar surface area (TPSA) is 119 Å². The number of hydrogen-bond donors (Lipinski definition) is 1. The summed E-state index contributed by atoms with van der Waals surface area (Å²) in [7, 11) is -2.35. The fourth-order valence-corrected chi connectivity index (χ4v) is 3.82. The fraction of sp³-hybridized carbons (Fsp3) is 0.278. The first-order valence-corrected chi connectivity index (χ1v) is 10.1. The Bertz CT molecular complexity index is 1010. The van der Waals surface area contributed by atoms with Crippen LogP contribution >= 0.6 is 0 Å². The van der Waals surface area contributed by atoms with Crippen molar-refractivity contribution in [2.24, 2.45) is 0 Å². The van der Waals surface area contributed by atoms with Crippen LogP contribution in [0.2, 0.25) is 0 Å². The van der Waals surface area contributed by atoms with Gasteiger partial charge in [-0.25, -0.2) is 8.42 Å². The molecule has 10 heteroatoms. The molecular formula is C18H21N3O6S. The number of anilines is 2. The van der Waals surface area contributed by atoms with Gasteiger partial charge in [0.15, 0.2) is 0 Å². The summed E-state index contributed by atoms with van der Waals surface area (Å²) in [6.07, 6.45) is 0.995. The molecular weight excluding hydrogens is 386 g/mol. The lowest BCUT2D eigenvalue weighted by molar-refractivity contribution is -0.384. The maximum atomic E-state index is 12.7. The van der Waals surface area contributed by atoms with E-state index in [-0.39, 0.29) is 17.1 Å². The van der Waals surface area contributed by atoms with Crippen LogP contribution in [0.5, 0.6) is 5.75 Å². The van der Waals surface area contributed by atoms with Gasteiger partial charge in [-0.2, -0.15) is 0 Å². The van der Waals surface area contributed by atoms with Crippen LogP contribution in [0.1, 0.15) is 12.5 Å². The van der Waals surface area contributed by atoms with Crippen LogP contribution in [0.25, 0.3) is 0 Å². The van der Waals surface area contributed by atoms with Crippen LogP contribution in [-0.4, -0.2) is 38.7 Å². The van der Waals surface area contributed by atoms with E-state index < -0.39 is 26.9 Å². The number of hydrogen-bond acceptors (Lipinski definition) is 6. The van der Waals surface area contributed by atoms with Crippen LogP contribution < -0.4 is 14.4 Å². The third kappa shape index (κ3) is 4.77. The number of benzene rings is 2. The molecule has 0 aromatic heterocycles. The number of methoxy groups -OCH3 is 1. The van der Waals surface area contributed by atoms with E-state index in [2.05, 4.69) is 5.32 Å². The molecule has 0 fully saturated rings. The zero-order valence-corrected chi connectivity index (χ0v) is 16.7. The molecule has 2 aromatic rings. The van der Waals surface area contributed by atoms with Gasteiger partial charge in [-0.05, 0) is 31.5 Å². The number of nitrogens with zero attached hydrogens (tertiary/aromatic N) is 2. The Balaban J connectivity index is 2.37. The summed E-state index contributed by atoms with van der Waals surface area (Å²) in [4.78, 5) is 23.1. The first-order valence-electron chi connectivity index (χ1n) is 8.24. The predicted octanol–water partition coefficient (Wildman–Crippen LogP) is 2.71. The van der Waals surface area contributed by atoms with Gasteiger partial charge >= 0.3 is 0 Å². The maximum absolute atomic E-state index is 12.7. The van der Waals surface area contributed by atoms with E-state index in [0.29, 0.717) is 11.3 Å². The highest BCUT2D eigenvalue weighted by Crippen LogP contribution is 2.27. The molecule has 0 spiro atoms. The molecule has 0 heterocycles. The largest absolute Gasteiger partial charge is 0.497 e. The summed E-state index contributed by atoms with van der Waals surface area (Å²) in [6.45, 7) is 3.11. The molecule has 1 N–H and O–H groups in total. The van der Waals surface area contributed by atoms with Gasteiger partial charge in [0.1, 0.15) is 11.8 Å². The Hall–Kier alpha value is -3.14. The molecule has 28 heavy (non-hydrogen) atoms. The van der Waals surface area contributed by atoms with Crippen molar-refractivity contribution < 1.29 is 22.9 Å². The number of nitrogens with one attached hydrogen (secondary N) is 1. The number of rotatable bonds is 7.